The molecule has 5 aromatic rings. The molecule has 0 radical (unpaired) electrons. The van der Waals surface area contributed by atoms with Crippen LogP contribution in [0.3, 0.4) is 0 Å². The Morgan fingerprint density at radius 3 is 1.68 bits per heavy atom. The Hall–Kier alpha value is -4.78. The number of methoxy groups -OCH3 is 2. The summed E-state index contributed by atoms with van der Waals surface area (Å²) < 4.78 is 16.9. The van der Waals surface area contributed by atoms with Crippen molar-refractivity contribution in [2.45, 2.75) is 25.1 Å². The number of rotatable bonds is 14. The van der Waals surface area contributed by atoms with Crippen LogP contribution in [0.2, 0.25) is 0 Å². The first-order valence-corrected chi connectivity index (χ1v) is 14.8. The van der Waals surface area contributed by atoms with Gasteiger partial charge < -0.3 is 25.1 Å². The van der Waals surface area contributed by atoms with E-state index < -0.39 is 0 Å². The standard InChI is InChI=1S/C38H40N2O4/c1-42-33-18-13-30(14-19-33)35(31-15-20-34(43-2)21-16-31)25-40(24-28-9-5-3-6-10-28)37(26-41)32-17-22-38(36(39)23-32)44-27-29-11-7-4-8-12-29/h3-23,35,37,41H,24-27,39H2,1-2H3/t37-/m0/s1. The van der Waals surface area contributed by atoms with E-state index in [1.54, 1.807) is 14.2 Å². The zero-order valence-electron chi connectivity index (χ0n) is 25.3. The first-order valence-electron chi connectivity index (χ1n) is 14.8. The van der Waals surface area contributed by atoms with Gasteiger partial charge in [0, 0.05) is 19.0 Å². The maximum absolute atomic E-state index is 10.9. The number of nitrogens with two attached hydrogens (primary N) is 1. The van der Waals surface area contributed by atoms with E-state index in [9.17, 15) is 5.11 Å². The third kappa shape index (κ3) is 7.78. The average molecular weight is 589 g/mol. The van der Waals surface area contributed by atoms with Crippen LogP contribution in [-0.4, -0.2) is 37.4 Å². The number of hydrogen-bond acceptors (Lipinski definition) is 6. The fourth-order valence-electron chi connectivity index (χ4n) is 5.50. The number of hydrogen-bond donors (Lipinski definition) is 2. The molecule has 0 bridgehead atoms. The molecule has 0 amide bonds. The van der Waals surface area contributed by atoms with Crippen LogP contribution in [0.4, 0.5) is 5.69 Å². The van der Waals surface area contributed by atoms with Crippen molar-refractivity contribution in [2.24, 2.45) is 0 Å². The molecule has 226 valence electrons. The highest BCUT2D eigenvalue weighted by molar-refractivity contribution is 5.55. The minimum absolute atomic E-state index is 0.00963. The Morgan fingerprint density at radius 2 is 1.18 bits per heavy atom. The summed E-state index contributed by atoms with van der Waals surface area (Å²) in [6.07, 6.45) is 0. The van der Waals surface area contributed by atoms with Gasteiger partial charge in [-0.1, -0.05) is 91.0 Å². The molecule has 1 atom stereocenters. The number of aliphatic hydroxyl groups is 1. The van der Waals surface area contributed by atoms with Crippen molar-refractivity contribution in [1.29, 1.82) is 0 Å². The molecule has 0 heterocycles. The fraction of sp³-hybridized carbons (Fsp3) is 0.211. The molecule has 3 N–H and O–H groups in total. The Kier molecular flexibility index (Phi) is 10.5. The molecule has 6 heteroatoms. The van der Waals surface area contributed by atoms with Gasteiger partial charge in [-0.3, -0.25) is 4.90 Å². The first-order chi connectivity index (χ1) is 21.6. The fourth-order valence-corrected chi connectivity index (χ4v) is 5.50. The van der Waals surface area contributed by atoms with Crippen molar-refractivity contribution < 1.29 is 19.3 Å². The van der Waals surface area contributed by atoms with Gasteiger partial charge in [-0.05, 0) is 64.2 Å². The summed E-state index contributed by atoms with van der Waals surface area (Å²) in [6.45, 7) is 1.64. The van der Waals surface area contributed by atoms with Crippen molar-refractivity contribution in [2.75, 3.05) is 33.1 Å². The minimum atomic E-state index is -0.306. The van der Waals surface area contributed by atoms with Gasteiger partial charge in [0.25, 0.3) is 0 Å². The molecule has 44 heavy (non-hydrogen) atoms. The Balaban J connectivity index is 1.48. The highest BCUT2D eigenvalue weighted by Gasteiger charge is 2.26. The second kappa shape index (κ2) is 15.1. The molecule has 0 aliphatic rings. The van der Waals surface area contributed by atoms with E-state index in [2.05, 4.69) is 41.3 Å². The zero-order valence-corrected chi connectivity index (χ0v) is 25.3. The monoisotopic (exact) mass is 588 g/mol. The van der Waals surface area contributed by atoms with Crippen LogP contribution in [0.15, 0.2) is 127 Å². The molecule has 0 saturated heterocycles. The largest absolute Gasteiger partial charge is 0.497 e. The molecular formula is C38H40N2O4. The number of benzene rings is 5. The van der Waals surface area contributed by atoms with E-state index in [0.717, 1.165) is 39.3 Å². The van der Waals surface area contributed by atoms with Crippen molar-refractivity contribution in [3.8, 4) is 17.2 Å². The quantitative estimate of drug-likeness (QED) is 0.133. The SMILES string of the molecule is COc1ccc(C(CN(Cc2ccccc2)[C@@H](CO)c2ccc(OCc3ccccc3)c(N)c2)c2ccc(OC)cc2)cc1. The lowest BCUT2D eigenvalue weighted by molar-refractivity contribution is 0.113. The molecule has 6 nitrogen and oxygen atoms in total. The molecular weight excluding hydrogens is 548 g/mol. The summed E-state index contributed by atoms with van der Waals surface area (Å²) in [7, 11) is 3.35. The lowest BCUT2D eigenvalue weighted by Crippen LogP contribution is -2.35. The summed E-state index contributed by atoms with van der Waals surface area (Å²) in [5.41, 5.74) is 12.5. The summed E-state index contributed by atoms with van der Waals surface area (Å²) >= 11 is 0. The van der Waals surface area contributed by atoms with Crippen molar-refractivity contribution >= 4 is 5.69 Å². The Bertz CT molecular complexity index is 1530. The molecule has 5 rings (SSSR count). The predicted molar refractivity (Wildman–Crippen MR) is 176 cm³/mol. The number of nitrogen functional groups attached to an aromatic ring is 1. The predicted octanol–water partition coefficient (Wildman–Crippen LogP) is 7.23. The van der Waals surface area contributed by atoms with E-state index in [-0.39, 0.29) is 18.6 Å². The van der Waals surface area contributed by atoms with Gasteiger partial charge in [0.15, 0.2) is 0 Å². The van der Waals surface area contributed by atoms with Gasteiger partial charge in [0.2, 0.25) is 0 Å². The number of anilines is 1. The topological polar surface area (TPSA) is 77.2 Å². The second-order valence-corrected chi connectivity index (χ2v) is 10.8. The third-order valence-corrected chi connectivity index (χ3v) is 7.95. The average Bonchev–Trinajstić information content (AvgIpc) is 3.08. The molecule has 0 aliphatic heterocycles. The summed E-state index contributed by atoms with van der Waals surface area (Å²) in [6, 6.07) is 42.3. The molecule has 0 saturated carbocycles. The van der Waals surface area contributed by atoms with Crippen LogP contribution in [0, 0.1) is 0 Å². The Morgan fingerprint density at radius 1 is 0.659 bits per heavy atom. The van der Waals surface area contributed by atoms with Gasteiger partial charge in [-0.25, -0.2) is 0 Å². The summed E-state index contributed by atoms with van der Waals surface area (Å²) in [5, 5.41) is 10.9. The Labute approximate surface area is 260 Å². The lowest BCUT2D eigenvalue weighted by Gasteiger charge is -2.35. The van der Waals surface area contributed by atoms with Gasteiger partial charge in [-0.2, -0.15) is 0 Å². The van der Waals surface area contributed by atoms with Crippen LogP contribution in [0.5, 0.6) is 17.2 Å². The number of ether oxygens (including phenoxy) is 3. The second-order valence-electron chi connectivity index (χ2n) is 10.8. The van der Waals surface area contributed by atoms with Crippen LogP contribution in [0.25, 0.3) is 0 Å². The minimum Gasteiger partial charge on any atom is -0.497 e. The van der Waals surface area contributed by atoms with E-state index in [0.29, 0.717) is 31.1 Å². The molecule has 0 aromatic heterocycles. The first kappa shape index (κ1) is 30.7. The molecule has 0 unspecified atom stereocenters. The van der Waals surface area contributed by atoms with Crippen LogP contribution >= 0.6 is 0 Å². The van der Waals surface area contributed by atoms with Gasteiger partial charge >= 0.3 is 0 Å². The number of nitrogens with zero attached hydrogens (tertiary/aromatic N) is 1. The van der Waals surface area contributed by atoms with Gasteiger partial charge in [0.05, 0.1) is 32.6 Å². The van der Waals surface area contributed by atoms with Gasteiger partial charge in [0.1, 0.15) is 23.9 Å². The van der Waals surface area contributed by atoms with Crippen LogP contribution in [-0.2, 0) is 13.2 Å². The van der Waals surface area contributed by atoms with Crippen LogP contribution in [0.1, 0.15) is 39.8 Å². The maximum atomic E-state index is 10.9. The smallest absolute Gasteiger partial charge is 0.142 e. The molecule has 0 aliphatic carbocycles. The normalized spacial score (nSPS) is 11.8. The third-order valence-electron chi connectivity index (χ3n) is 7.95. The van der Waals surface area contributed by atoms with E-state index in [1.165, 1.54) is 0 Å². The number of aliphatic hydroxyl groups excluding tert-OH is 1. The van der Waals surface area contributed by atoms with Crippen LogP contribution < -0.4 is 19.9 Å². The van der Waals surface area contributed by atoms with Gasteiger partial charge in [-0.15, -0.1) is 0 Å². The van der Waals surface area contributed by atoms with Crippen molar-refractivity contribution in [1.82, 2.24) is 4.90 Å². The van der Waals surface area contributed by atoms with Crippen molar-refractivity contribution in [3.05, 3.63) is 155 Å². The summed E-state index contributed by atoms with van der Waals surface area (Å²) in [4.78, 5) is 2.33. The summed E-state index contributed by atoms with van der Waals surface area (Å²) in [5.74, 6) is 2.25. The molecule has 5 aromatic carbocycles. The van der Waals surface area contributed by atoms with E-state index >= 15 is 0 Å². The molecule has 0 spiro atoms. The highest BCUT2D eigenvalue weighted by atomic mass is 16.5. The lowest BCUT2D eigenvalue weighted by atomic mass is 9.89. The maximum Gasteiger partial charge on any atom is 0.142 e. The van der Waals surface area contributed by atoms with Crippen molar-refractivity contribution in [3.63, 3.8) is 0 Å². The van der Waals surface area contributed by atoms with E-state index in [1.807, 2.05) is 91.0 Å². The zero-order chi connectivity index (χ0) is 30.7. The van der Waals surface area contributed by atoms with E-state index in [4.69, 9.17) is 19.9 Å². The highest BCUT2D eigenvalue weighted by Crippen LogP contribution is 2.34. The molecule has 0 fully saturated rings.